The zero-order chi connectivity index (χ0) is 21.4. The van der Waals surface area contributed by atoms with E-state index in [1.807, 2.05) is 24.3 Å². The summed E-state index contributed by atoms with van der Waals surface area (Å²) < 4.78 is 1.46. The highest BCUT2D eigenvalue weighted by Crippen LogP contribution is 2.32. The fourth-order valence-electron chi connectivity index (χ4n) is 4.10. The van der Waals surface area contributed by atoms with Crippen LogP contribution >= 0.6 is 23.2 Å². The molecule has 30 heavy (non-hydrogen) atoms. The van der Waals surface area contributed by atoms with Gasteiger partial charge in [0, 0.05) is 36.9 Å². The molecule has 3 heterocycles. The molecule has 0 amide bonds. The van der Waals surface area contributed by atoms with Gasteiger partial charge in [0.1, 0.15) is 22.3 Å². The van der Waals surface area contributed by atoms with Crippen molar-refractivity contribution in [3.05, 3.63) is 62.5 Å². The molecule has 1 aromatic carbocycles. The Kier molecular flexibility index (Phi) is 5.59. The topological polar surface area (TPSA) is 74.0 Å². The van der Waals surface area contributed by atoms with Crippen molar-refractivity contribution in [3.8, 4) is 6.07 Å². The van der Waals surface area contributed by atoms with Gasteiger partial charge < -0.3 is 14.8 Å². The molecule has 1 aliphatic rings. The summed E-state index contributed by atoms with van der Waals surface area (Å²) in [6, 6.07) is 13.5. The van der Waals surface area contributed by atoms with Gasteiger partial charge in [0.05, 0.1) is 11.2 Å². The highest BCUT2D eigenvalue weighted by molar-refractivity contribution is 6.30. The number of nitriles is 1. The van der Waals surface area contributed by atoms with E-state index in [1.54, 1.807) is 19.2 Å². The molecule has 1 N–H and O–H groups in total. The Hall–Kier alpha value is -2.75. The Bertz CT molecular complexity index is 1200. The van der Waals surface area contributed by atoms with Crippen molar-refractivity contribution in [3.63, 3.8) is 0 Å². The molecule has 154 valence electrons. The maximum absolute atomic E-state index is 12.8. The van der Waals surface area contributed by atoms with Gasteiger partial charge in [-0.1, -0.05) is 30.1 Å². The molecule has 2 aromatic heterocycles. The van der Waals surface area contributed by atoms with Crippen LogP contribution < -0.4 is 15.8 Å². The first-order valence-electron chi connectivity index (χ1n) is 9.75. The number of halogens is 2. The summed E-state index contributed by atoms with van der Waals surface area (Å²) in [5.74, 6) is 0.277. The van der Waals surface area contributed by atoms with Gasteiger partial charge in [-0.15, -0.1) is 0 Å². The van der Waals surface area contributed by atoms with Crippen molar-refractivity contribution >= 4 is 45.6 Å². The summed E-state index contributed by atoms with van der Waals surface area (Å²) in [4.78, 5) is 19.4. The molecule has 0 unspecified atom stereocenters. The minimum atomic E-state index is -0.321. The lowest BCUT2D eigenvalue weighted by atomic mass is 9.92. The third-order valence-corrected chi connectivity index (χ3v) is 6.17. The van der Waals surface area contributed by atoms with Crippen LogP contribution in [0.15, 0.2) is 41.2 Å². The lowest BCUT2D eigenvalue weighted by Crippen LogP contribution is -2.46. The first-order valence-corrected chi connectivity index (χ1v) is 10.5. The number of anilines is 2. The van der Waals surface area contributed by atoms with Gasteiger partial charge in [-0.25, -0.2) is 4.98 Å². The highest BCUT2D eigenvalue weighted by atomic mass is 35.5. The number of pyridine rings is 2. The van der Waals surface area contributed by atoms with Crippen molar-refractivity contribution < 1.29 is 0 Å². The van der Waals surface area contributed by atoms with E-state index in [9.17, 15) is 10.1 Å². The summed E-state index contributed by atoms with van der Waals surface area (Å²) in [5, 5.41) is 14.4. The Balaban J connectivity index is 1.68. The maximum atomic E-state index is 12.8. The van der Waals surface area contributed by atoms with E-state index in [2.05, 4.69) is 28.2 Å². The number of hydrogen-bond donors (Lipinski definition) is 1. The van der Waals surface area contributed by atoms with Crippen LogP contribution in [0.25, 0.3) is 11.0 Å². The third-order valence-electron chi connectivity index (χ3n) is 5.71. The van der Waals surface area contributed by atoms with Gasteiger partial charge in [0.25, 0.3) is 5.56 Å². The lowest BCUT2D eigenvalue weighted by Gasteiger charge is -2.39. The number of fused-ring (bicyclic) bond motifs is 1. The Labute approximate surface area is 184 Å². The van der Waals surface area contributed by atoms with Crippen LogP contribution in [0, 0.1) is 17.2 Å². The molecule has 4 rings (SSSR count). The molecule has 0 bridgehead atoms. The first kappa shape index (κ1) is 20.5. The fourth-order valence-corrected chi connectivity index (χ4v) is 4.38. The van der Waals surface area contributed by atoms with Gasteiger partial charge in [-0.2, -0.15) is 5.26 Å². The van der Waals surface area contributed by atoms with E-state index in [0.717, 1.165) is 12.1 Å². The smallest absolute Gasteiger partial charge is 0.270 e. The Morgan fingerprint density at radius 2 is 1.93 bits per heavy atom. The van der Waals surface area contributed by atoms with E-state index < -0.39 is 0 Å². The molecule has 6 nitrogen and oxygen atoms in total. The molecule has 1 fully saturated rings. The zero-order valence-corrected chi connectivity index (χ0v) is 18.2. The van der Waals surface area contributed by atoms with Crippen molar-refractivity contribution in [1.82, 2.24) is 9.55 Å². The summed E-state index contributed by atoms with van der Waals surface area (Å²) in [7, 11) is 1.65. The monoisotopic (exact) mass is 441 g/mol. The molecule has 0 radical (unpaired) electrons. The molecule has 1 aliphatic heterocycles. The van der Waals surface area contributed by atoms with Gasteiger partial charge in [0.2, 0.25) is 0 Å². The SMILES string of the molecule is C[C@H]1CN(c2c(C#N)c(=O)n(C)c3ccc(Cl)nc23)CC[C@@H]1Nc1ccc(Cl)cc1. The fraction of sp³-hybridized carbons (Fsp3) is 0.318. The number of hydrogen-bond acceptors (Lipinski definition) is 5. The summed E-state index contributed by atoms with van der Waals surface area (Å²) in [6.07, 6.45) is 0.853. The van der Waals surface area contributed by atoms with Crippen LogP contribution in [0.2, 0.25) is 10.2 Å². The van der Waals surface area contributed by atoms with Gasteiger partial charge in [0.15, 0.2) is 0 Å². The van der Waals surface area contributed by atoms with Crippen molar-refractivity contribution in [2.45, 2.75) is 19.4 Å². The Morgan fingerprint density at radius 1 is 1.20 bits per heavy atom. The van der Waals surface area contributed by atoms with Crippen LogP contribution in [-0.4, -0.2) is 28.7 Å². The molecule has 8 heteroatoms. The molecular weight excluding hydrogens is 421 g/mol. The predicted molar refractivity (Wildman–Crippen MR) is 122 cm³/mol. The van der Waals surface area contributed by atoms with Gasteiger partial charge >= 0.3 is 0 Å². The quantitative estimate of drug-likeness (QED) is 0.608. The molecular formula is C22H21Cl2N5O. The minimum Gasteiger partial charge on any atom is -0.382 e. The first-order chi connectivity index (χ1) is 14.4. The molecule has 1 saturated heterocycles. The van der Waals surface area contributed by atoms with Crippen LogP contribution in [0.1, 0.15) is 18.9 Å². The summed E-state index contributed by atoms with van der Waals surface area (Å²) in [6.45, 7) is 3.55. The summed E-state index contributed by atoms with van der Waals surface area (Å²) in [5.41, 5.74) is 2.63. The molecule has 0 aliphatic carbocycles. The van der Waals surface area contributed by atoms with Crippen LogP contribution in [0.3, 0.4) is 0 Å². The van der Waals surface area contributed by atoms with E-state index in [0.29, 0.717) is 40.0 Å². The second-order valence-electron chi connectivity index (χ2n) is 7.67. The average Bonchev–Trinajstić information content (AvgIpc) is 2.73. The number of aromatic nitrogens is 2. The molecule has 0 saturated carbocycles. The van der Waals surface area contributed by atoms with Crippen molar-refractivity contribution in [1.29, 1.82) is 5.26 Å². The number of nitrogens with one attached hydrogen (secondary N) is 1. The van der Waals surface area contributed by atoms with E-state index in [-0.39, 0.29) is 23.1 Å². The number of aryl methyl sites for hydroxylation is 1. The van der Waals surface area contributed by atoms with Gasteiger partial charge in [-0.3, -0.25) is 4.79 Å². The maximum Gasteiger partial charge on any atom is 0.270 e. The second-order valence-corrected chi connectivity index (χ2v) is 8.49. The third kappa shape index (κ3) is 3.71. The zero-order valence-electron chi connectivity index (χ0n) is 16.7. The Morgan fingerprint density at radius 3 is 2.60 bits per heavy atom. The highest BCUT2D eigenvalue weighted by Gasteiger charge is 2.30. The van der Waals surface area contributed by atoms with E-state index >= 15 is 0 Å². The number of benzene rings is 1. The van der Waals surface area contributed by atoms with Crippen LogP contribution in [0.4, 0.5) is 11.4 Å². The normalized spacial score (nSPS) is 19.0. The van der Waals surface area contributed by atoms with E-state index in [1.165, 1.54) is 4.57 Å². The number of piperidine rings is 1. The molecule has 0 spiro atoms. The van der Waals surface area contributed by atoms with E-state index in [4.69, 9.17) is 23.2 Å². The van der Waals surface area contributed by atoms with Gasteiger partial charge in [-0.05, 0) is 48.7 Å². The summed E-state index contributed by atoms with van der Waals surface area (Å²) >= 11 is 12.1. The predicted octanol–water partition coefficient (Wildman–Crippen LogP) is 4.44. The van der Waals surface area contributed by atoms with Crippen molar-refractivity contribution in [2.75, 3.05) is 23.3 Å². The van der Waals surface area contributed by atoms with Crippen LogP contribution in [0.5, 0.6) is 0 Å². The minimum absolute atomic E-state index is 0.107. The van der Waals surface area contributed by atoms with Crippen molar-refractivity contribution in [2.24, 2.45) is 13.0 Å². The lowest BCUT2D eigenvalue weighted by molar-refractivity contribution is 0.404. The second kappa shape index (κ2) is 8.17. The molecule has 3 aromatic rings. The number of rotatable bonds is 3. The average molecular weight is 442 g/mol. The molecule has 2 atom stereocenters. The number of nitrogens with zero attached hydrogens (tertiary/aromatic N) is 4. The largest absolute Gasteiger partial charge is 0.382 e. The standard InChI is InChI=1S/C22H21Cl2N5O/c1-13-12-29(10-9-17(13)26-15-5-3-14(23)4-6-15)21-16(11-25)22(30)28(2)18-7-8-19(24)27-20(18)21/h3-8,13,17,26H,9-10,12H2,1-2H3/t13-,17-/m0/s1. The van der Waals surface area contributed by atoms with Crippen LogP contribution in [-0.2, 0) is 7.05 Å².